The van der Waals surface area contributed by atoms with E-state index >= 15 is 0 Å². The predicted octanol–water partition coefficient (Wildman–Crippen LogP) is 2.91. The van der Waals surface area contributed by atoms with Gasteiger partial charge >= 0.3 is 0 Å². The lowest BCUT2D eigenvalue weighted by Gasteiger charge is -2.36. The van der Waals surface area contributed by atoms with Crippen LogP contribution in [0.15, 0.2) is 17.5 Å². The van der Waals surface area contributed by atoms with Gasteiger partial charge in [-0.3, -0.25) is 9.59 Å². The second kappa shape index (κ2) is 6.41. The van der Waals surface area contributed by atoms with Crippen LogP contribution in [0.3, 0.4) is 0 Å². The number of hydrogen-bond acceptors (Lipinski definition) is 5. The smallest absolute Gasteiger partial charge is 0.266 e. The maximum Gasteiger partial charge on any atom is 0.266 e. The van der Waals surface area contributed by atoms with Crippen LogP contribution < -0.4 is 5.73 Å². The Morgan fingerprint density at radius 1 is 1.39 bits per heavy atom. The number of rotatable bonds is 3. The average molecular weight is 349 g/mol. The number of carbonyl (C=O) groups is 2. The molecular weight excluding hydrogens is 330 g/mol. The third kappa shape index (κ3) is 3.16. The van der Waals surface area contributed by atoms with E-state index < -0.39 is 0 Å². The molecule has 122 valence electrons. The molecule has 1 saturated heterocycles. The molecule has 0 radical (unpaired) electrons. The van der Waals surface area contributed by atoms with Crippen LogP contribution in [0.4, 0.5) is 0 Å². The molecule has 0 unspecified atom stereocenters. The number of hydrogen-bond donors (Lipinski definition) is 1. The van der Waals surface area contributed by atoms with E-state index in [0.29, 0.717) is 11.4 Å². The highest BCUT2D eigenvalue weighted by Crippen LogP contribution is 2.33. The highest BCUT2D eigenvalue weighted by molar-refractivity contribution is 7.22. The quantitative estimate of drug-likeness (QED) is 0.925. The van der Waals surface area contributed by atoms with Crippen molar-refractivity contribution in [1.82, 2.24) is 9.88 Å². The van der Waals surface area contributed by atoms with Gasteiger partial charge in [-0.15, -0.1) is 22.7 Å². The van der Waals surface area contributed by atoms with Crippen LogP contribution >= 0.6 is 22.7 Å². The molecule has 0 saturated carbocycles. The molecule has 7 heteroatoms. The molecule has 2 atom stereocenters. The molecule has 2 amide bonds. The molecule has 5 nitrogen and oxygen atoms in total. The van der Waals surface area contributed by atoms with Gasteiger partial charge in [-0.2, -0.15) is 0 Å². The number of nitrogens with zero attached hydrogens (tertiary/aromatic N) is 2. The monoisotopic (exact) mass is 349 g/mol. The minimum atomic E-state index is -0.324. The van der Waals surface area contributed by atoms with Crippen molar-refractivity contribution in [3.05, 3.63) is 28.1 Å². The number of aryl methyl sites for hydroxylation is 1. The van der Waals surface area contributed by atoms with Gasteiger partial charge in [0.1, 0.15) is 9.88 Å². The van der Waals surface area contributed by atoms with Gasteiger partial charge < -0.3 is 10.6 Å². The number of amides is 2. The van der Waals surface area contributed by atoms with Gasteiger partial charge in [-0.25, -0.2) is 4.98 Å². The summed E-state index contributed by atoms with van der Waals surface area (Å²) >= 11 is 3.03. The molecule has 23 heavy (non-hydrogen) atoms. The standard InChI is InChI=1S/C16H19N3O2S2/c1-9-5-6-11(14(17)20)8-19(9)16(21)13-10(2)18-15(23-13)12-4-3-7-22-12/h3-4,7,9,11H,5-6,8H2,1-2H3,(H2,17,20)/t9-,11-/m0/s1. The second-order valence-corrected chi connectivity index (χ2v) is 7.84. The molecule has 1 fully saturated rings. The van der Waals surface area contributed by atoms with Crippen molar-refractivity contribution >= 4 is 34.5 Å². The fourth-order valence-corrected chi connectivity index (χ4v) is 4.67. The van der Waals surface area contributed by atoms with Gasteiger partial charge in [0.15, 0.2) is 0 Å². The van der Waals surface area contributed by atoms with E-state index in [1.54, 1.807) is 16.2 Å². The summed E-state index contributed by atoms with van der Waals surface area (Å²) in [5.74, 6) is -0.614. The number of primary amides is 1. The Labute approximate surface area is 143 Å². The lowest BCUT2D eigenvalue weighted by Crippen LogP contribution is -2.48. The largest absolute Gasteiger partial charge is 0.369 e. The van der Waals surface area contributed by atoms with Crippen molar-refractivity contribution < 1.29 is 9.59 Å². The lowest BCUT2D eigenvalue weighted by molar-refractivity contribution is -0.123. The Hall–Kier alpha value is -1.73. The van der Waals surface area contributed by atoms with E-state index in [0.717, 1.165) is 28.4 Å². The minimum absolute atomic E-state index is 0.0405. The number of thiazole rings is 1. The van der Waals surface area contributed by atoms with Gasteiger partial charge in [0.05, 0.1) is 16.5 Å². The second-order valence-electron chi connectivity index (χ2n) is 5.89. The van der Waals surface area contributed by atoms with Crippen LogP contribution in [0.1, 0.15) is 35.1 Å². The van der Waals surface area contributed by atoms with Gasteiger partial charge in [0.25, 0.3) is 5.91 Å². The number of likely N-dealkylation sites (tertiary alicyclic amines) is 1. The van der Waals surface area contributed by atoms with Crippen molar-refractivity contribution in [1.29, 1.82) is 0 Å². The molecule has 0 bridgehead atoms. The first-order valence-corrected chi connectivity index (χ1v) is 9.28. The number of carbonyl (C=O) groups excluding carboxylic acids is 2. The summed E-state index contributed by atoms with van der Waals surface area (Å²) in [6, 6.07) is 4.09. The zero-order valence-electron chi connectivity index (χ0n) is 13.1. The summed E-state index contributed by atoms with van der Waals surface area (Å²) in [5, 5.41) is 2.87. The van der Waals surface area contributed by atoms with Crippen molar-refractivity contribution in [2.75, 3.05) is 6.54 Å². The summed E-state index contributed by atoms with van der Waals surface area (Å²) in [7, 11) is 0. The Kier molecular flexibility index (Phi) is 4.50. The summed E-state index contributed by atoms with van der Waals surface area (Å²) < 4.78 is 0. The van der Waals surface area contributed by atoms with Crippen LogP contribution in [0.25, 0.3) is 9.88 Å². The Bertz CT molecular complexity index is 724. The highest BCUT2D eigenvalue weighted by Gasteiger charge is 2.33. The Morgan fingerprint density at radius 3 is 2.83 bits per heavy atom. The zero-order chi connectivity index (χ0) is 16.6. The highest BCUT2D eigenvalue weighted by atomic mass is 32.1. The van der Waals surface area contributed by atoms with E-state index in [4.69, 9.17) is 5.73 Å². The maximum absolute atomic E-state index is 12.9. The molecule has 3 heterocycles. The van der Waals surface area contributed by atoms with Crippen LogP contribution in [0, 0.1) is 12.8 Å². The molecule has 2 N–H and O–H groups in total. The third-order valence-corrected chi connectivity index (χ3v) is 6.45. The van der Waals surface area contributed by atoms with E-state index in [-0.39, 0.29) is 23.8 Å². The Balaban J connectivity index is 1.86. The summed E-state index contributed by atoms with van der Waals surface area (Å²) in [5.41, 5.74) is 6.17. The molecular formula is C16H19N3O2S2. The van der Waals surface area contributed by atoms with Gasteiger partial charge in [0, 0.05) is 12.6 Å². The number of thiophene rings is 1. The summed E-state index contributed by atoms with van der Waals surface area (Å²) in [6.45, 7) is 4.29. The van der Waals surface area contributed by atoms with Gasteiger partial charge in [-0.1, -0.05) is 6.07 Å². The van der Waals surface area contributed by atoms with Gasteiger partial charge in [-0.05, 0) is 38.1 Å². The molecule has 0 aliphatic carbocycles. The van der Waals surface area contributed by atoms with E-state index in [9.17, 15) is 9.59 Å². The van der Waals surface area contributed by atoms with Gasteiger partial charge in [0.2, 0.25) is 5.91 Å². The maximum atomic E-state index is 12.9. The molecule has 0 aromatic carbocycles. The van der Waals surface area contributed by atoms with Crippen LogP contribution in [-0.2, 0) is 4.79 Å². The van der Waals surface area contributed by atoms with Crippen molar-refractivity contribution in [3.63, 3.8) is 0 Å². The SMILES string of the molecule is Cc1nc(-c2cccs2)sc1C(=O)N1C[C@@H](C(N)=O)CC[C@@H]1C. The molecule has 0 spiro atoms. The zero-order valence-corrected chi connectivity index (χ0v) is 14.7. The predicted molar refractivity (Wildman–Crippen MR) is 92.6 cm³/mol. The van der Waals surface area contributed by atoms with E-state index in [1.165, 1.54) is 11.3 Å². The van der Waals surface area contributed by atoms with Crippen LogP contribution in [-0.4, -0.2) is 34.3 Å². The summed E-state index contributed by atoms with van der Waals surface area (Å²) in [4.78, 5) is 32.4. The number of piperidine rings is 1. The molecule has 2 aromatic rings. The van der Waals surface area contributed by atoms with Crippen molar-refractivity contribution in [2.24, 2.45) is 11.7 Å². The molecule has 2 aromatic heterocycles. The number of nitrogens with two attached hydrogens (primary N) is 1. The van der Waals surface area contributed by atoms with Crippen molar-refractivity contribution in [2.45, 2.75) is 32.7 Å². The van der Waals surface area contributed by atoms with E-state index in [1.807, 2.05) is 31.4 Å². The fourth-order valence-electron chi connectivity index (χ4n) is 2.85. The first-order valence-electron chi connectivity index (χ1n) is 7.59. The normalized spacial score (nSPS) is 21.4. The van der Waals surface area contributed by atoms with Crippen LogP contribution in [0.5, 0.6) is 0 Å². The minimum Gasteiger partial charge on any atom is -0.369 e. The number of aromatic nitrogens is 1. The fraction of sp³-hybridized carbons (Fsp3) is 0.438. The lowest BCUT2D eigenvalue weighted by atomic mass is 9.93. The third-order valence-electron chi connectivity index (χ3n) is 4.27. The van der Waals surface area contributed by atoms with Crippen molar-refractivity contribution in [3.8, 4) is 9.88 Å². The molecule has 1 aliphatic heterocycles. The molecule has 3 rings (SSSR count). The first kappa shape index (κ1) is 16.1. The average Bonchev–Trinajstić information content (AvgIpc) is 3.16. The summed E-state index contributed by atoms with van der Waals surface area (Å²) in [6.07, 6.45) is 1.55. The molecule has 1 aliphatic rings. The first-order chi connectivity index (χ1) is 11.0. The Morgan fingerprint density at radius 2 is 2.17 bits per heavy atom. The van der Waals surface area contributed by atoms with E-state index in [2.05, 4.69) is 4.98 Å². The van der Waals surface area contributed by atoms with Crippen LogP contribution in [0.2, 0.25) is 0 Å². The topological polar surface area (TPSA) is 76.3 Å².